The van der Waals surface area contributed by atoms with Crippen molar-refractivity contribution in [2.45, 2.75) is 44.3 Å². The predicted octanol–water partition coefficient (Wildman–Crippen LogP) is 1.34. The van der Waals surface area contributed by atoms with Crippen molar-refractivity contribution in [3.8, 4) is 0 Å². The lowest BCUT2D eigenvalue weighted by Crippen LogP contribution is -2.59. The van der Waals surface area contributed by atoms with Crippen molar-refractivity contribution in [2.24, 2.45) is 5.73 Å². The number of primary amides is 1. The minimum atomic E-state index is -1.01. The van der Waals surface area contributed by atoms with Crippen LogP contribution >= 0.6 is 11.3 Å². The number of aromatic nitrogens is 4. The summed E-state index contributed by atoms with van der Waals surface area (Å²) in [6, 6.07) is 5.21. The summed E-state index contributed by atoms with van der Waals surface area (Å²) in [5, 5.41) is 8.94. The number of carbonyl (C=O) groups is 4. The van der Waals surface area contributed by atoms with E-state index < -0.39 is 41.8 Å². The molecule has 5 rings (SSSR count). The molecule has 1 aliphatic rings. The van der Waals surface area contributed by atoms with E-state index in [9.17, 15) is 19.2 Å². The molecule has 1 aromatic carbocycles. The molecule has 0 bridgehead atoms. The number of rotatable bonds is 8. The Morgan fingerprint density at radius 2 is 2.02 bits per heavy atom. The summed E-state index contributed by atoms with van der Waals surface area (Å²) in [5.41, 5.74) is 7.81. The quantitative estimate of drug-likeness (QED) is 0.251. The van der Waals surface area contributed by atoms with Crippen molar-refractivity contribution in [3.05, 3.63) is 76.4 Å². The van der Waals surface area contributed by atoms with E-state index in [-0.39, 0.29) is 30.8 Å². The molecule has 0 unspecified atom stereocenters. The number of hydrogen-bond acceptors (Lipinski definition) is 8. The molecule has 1 aliphatic heterocycles. The average Bonchev–Trinajstić information content (AvgIpc) is 3.58. The number of benzene rings is 1. The molecule has 5 N–H and O–H groups in total. The summed E-state index contributed by atoms with van der Waals surface area (Å²) < 4.78 is 0. The Morgan fingerprint density at radius 1 is 1.20 bits per heavy atom. The second kappa shape index (κ2) is 11.6. The van der Waals surface area contributed by atoms with Crippen molar-refractivity contribution in [3.63, 3.8) is 0 Å². The molecule has 12 nitrogen and oxygen atoms in total. The van der Waals surface area contributed by atoms with Gasteiger partial charge in [0, 0.05) is 53.9 Å². The summed E-state index contributed by atoms with van der Waals surface area (Å²) in [6.07, 6.45) is 6.73. The first kappa shape index (κ1) is 26.9. The first-order valence-electron chi connectivity index (χ1n) is 12.7. The number of nitrogens with zero attached hydrogens (tertiary/aromatic N) is 4. The van der Waals surface area contributed by atoms with Crippen LogP contribution in [0, 0.1) is 6.92 Å². The van der Waals surface area contributed by atoms with E-state index in [0.717, 1.165) is 21.5 Å². The van der Waals surface area contributed by atoms with Crippen molar-refractivity contribution >= 4 is 45.9 Å². The molecule has 0 radical (unpaired) electrons. The lowest BCUT2D eigenvalue weighted by Gasteiger charge is -2.39. The molecular weight excluding hydrogens is 532 g/mol. The molecule has 4 heterocycles. The van der Waals surface area contributed by atoms with Crippen molar-refractivity contribution in [1.29, 1.82) is 0 Å². The highest BCUT2D eigenvalue weighted by Gasteiger charge is 2.39. The van der Waals surface area contributed by atoms with Gasteiger partial charge in [0.1, 0.15) is 23.5 Å². The number of likely N-dealkylation sites (tertiary alicyclic amines) is 1. The molecule has 1 fully saturated rings. The molecule has 3 aromatic heterocycles. The van der Waals surface area contributed by atoms with Crippen LogP contribution in [0.5, 0.6) is 0 Å². The second-order valence-corrected chi connectivity index (χ2v) is 10.6. The van der Waals surface area contributed by atoms with Gasteiger partial charge in [0.25, 0.3) is 11.8 Å². The van der Waals surface area contributed by atoms with Gasteiger partial charge in [0.2, 0.25) is 11.8 Å². The third kappa shape index (κ3) is 5.83. The Hall–Kier alpha value is -4.65. The van der Waals surface area contributed by atoms with E-state index in [1.165, 1.54) is 34.8 Å². The molecule has 13 heteroatoms. The molecule has 206 valence electrons. The topological polar surface area (TPSA) is 176 Å². The normalized spacial score (nSPS) is 17.8. The highest BCUT2D eigenvalue weighted by Crippen LogP contribution is 2.23. The number of carbonyl (C=O) groups excluding carboxylic acids is 4. The predicted molar refractivity (Wildman–Crippen MR) is 147 cm³/mol. The van der Waals surface area contributed by atoms with Crippen LogP contribution in [0.4, 0.5) is 0 Å². The van der Waals surface area contributed by atoms with Gasteiger partial charge >= 0.3 is 0 Å². The van der Waals surface area contributed by atoms with Gasteiger partial charge in [-0.1, -0.05) is 18.2 Å². The number of nitrogens with one attached hydrogen (secondary N) is 3. The number of piperidine rings is 1. The lowest BCUT2D eigenvalue weighted by atomic mass is 9.95. The van der Waals surface area contributed by atoms with Gasteiger partial charge in [0.15, 0.2) is 0 Å². The van der Waals surface area contributed by atoms with Crippen molar-refractivity contribution < 1.29 is 19.2 Å². The fourth-order valence-corrected chi connectivity index (χ4v) is 5.47. The van der Waals surface area contributed by atoms with E-state index in [4.69, 9.17) is 5.73 Å². The second-order valence-electron chi connectivity index (χ2n) is 9.58. The Bertz CT molecular complexity index is 1550. The Labute approximate surface area is 233 Å². The monoisotopic (exact) mass is 560 g/mol. The van der Waals surface area contributed by atoms with Gasteiger partial charge in [-0.3, -0.25) is 24.2 Å². The number of H-pyrrole nitrogens is 1. The van der Waals surface area contributed by atoms with Crippen LogP contribution in [0.2, 0.25) is 0 Å². The molecule has 0 saturated carbocycles. The molecule has 40 heavy (non-hydrogen) atoms. The number of thiazole rings is 1. The van der Waals surface area contributed by atoms with Crippen LogP contribution < -0.4 is 16.4 Å². The summed E-state index contributed by atoms with van der Waals surface area (Å²) >= 11 is 1.34. The fourth-order valence-electron chi connectivity index (χ4n) is 4.88. The summed E-state index contributed by atoms with van der Waals surface area (Å²) in [7, 11) is 0. The van der Waals surface area contributed by atoms with E-state index in [2.05, 4.69) is 30.6 Å². The Balaban J connectivity index is 1.36. The zero-order valence-corrected chi connectivity index (χ0v) is 22.5. The van der Waals surface area contributed by atoms with E-state index in [0.29, 0.717) is 6.42 Å². The number of nitrogens with two attached hydrogens (primary N) is 1. The maximum Gasteiger partial charge on any atom is 0.274 e. The number of aromatic amines is 1. The highest BCUT2D eigenvalue weighted by molar-refractivity contribution is 7.09. The molecule has 0 spiro atoms. The van der Waals surface area contributed by atoms with Gasteiger partial charge in [-0.2, -0.15) is 0 Å². The van der Waals surface area contributed by atoms with Gasteiger partial charge in [-0.05, 0) is 31.4 Å². The third-order valence-corrected chi connectivity index (χ3v) is 7.67. The summed E-state index contributed by atoms with van der Waals surface area (Å²) in [6.45, 7) is 1.99. The number of hydrogen-bond donors (Lipinski definition) is 4. The third-order valence-electron chi connectivity index (χ3n) is 6.89. The van der Waals surface area contributed by atoms with E-state index in [1.54, 1.807) is 18.5 Å². The van der Waals surface area contributed by atoms with Crippen LogP contribution in [0.15, 0.2) is 54.4 Å². The van der Waals surface area contributed by atoms with Gasteiger partial charge < -0.3 is 26.3 Å². The Morgan fingerprint density at radius 3 is 2.75 bits per heavy atom. The van der Waals surface area contributed by atoms with E-state index in [1.807, 2.05) is 24.3 Å². The van der Waals surface area contributed by atoms with Gasteiger partial charge in [-0.25, -0.2) is 9.97 Å². The van der Waals surface area contributed by atoms with Crippen molar-refractivity contribution in [2.75, 3.05) is 6.54 Å². The standard InChI is InChI=1S/C27H28N8O4S/c1-15-32-22(14-40-15)27(39)35-9-6-17(33-25(37)21-13-29-7-8-30-21)11-23(35)26(38)34-20(24(28)36)10-16-12-31-19-5-3-2-4-18(16)19/h2-5,7-8,12-14,17,20,23,31H,6,9-11H2,1H3,(H2,28,36)(H,33,37)(H,34,38)/t17-,20+,23-/m0/s1. The number of fused-ring (bicyclic) bond motifs is 1. The van der Waals surface area contributed by atoms with Crippen LogP contribution in [0.25, 0.3) is 10.9 Å². The first-order valence-corrected chi connectivity index (χ1v) is 13.6. The van der Waals surface area contributed by atoms with Crippen LogP contribution in [-0.4, -0.2) is 73.1 Å². The van der Waals surface area contributed by atoms with Crippen LogP contribution in [-0.2, 0) is 16.0 Å². The molecule has 1 saturated heterocycles. The fraction of sp³-hybridized carbons (Fsp3) is 0.296. The SMILES string of the molecule is Cc1nc(C(=O)N2CC[C@H](NC(=O)c3cnccn3)C[C@H]2C(=O)N[C@H](Cc2c[nH]c3ccccc23)C(N)=O)cs1. The smallest absolute Gasteiger partial charge is 0.274 e. The average molecular weight is 561 g/mol. The zero-order valence-electron chi connectivity index (χ0n) is 21.7. The number of aryl methyl sites for hydroxylation is 1. The van der Waals surface area contributed by atoms with Gasteiger partial charge in [-0.15, -0.1) is 11.3 Å². The Kier molecular flexibility index (Phi) is 7.82. The first-order chi connectivity index (χ1) is 19.3. The molecule has 4 aromatic rings. The zero-order chi connectivity index (χ0) is 28.2. The molecule has 4 amide bonds. The van der Waals surface area contributed by atoms with Crippen molar-refractivity contribution in [1.82, 2.24) is 35.5 Å². The molecular formula is C27H28N8O4S. The van der Waals surface area contributed by atoms with Crippen LogP contribution in [0.1, 0.15) is 44.4 Å². The largest absolute Gasteiger partial charge is 0.368 e. The summed E-state index contributed by atoms with van der Waals surface area (Å²) in [4.78, 5) is 69.0. The maximum atomic E-state index is 13.7. The number of amides is 4. The maximum absolute atomic E-state index is 13.7. The van der Waals surface area contributed by atoms with E-state index >= 15 is 0 Å². The lowest BCUT2D eigenvalue weighted by molar-refractivity contribution is -0.131. The van der Waals surface area contributed by atoms with Crippen LogP contribution in [0.3, 0.4) is 0 Å². The minimum absolute atomic E-state index is 0.130. The minimum Gasteiger partial charge on any atom is -0.368 e. The summed E-state index contributed by atoms with van der Waals surface area (Å²) in [5.74, 6) is -2.06. The molecule has 3 atom stereocenters. The highest BCUT2D eigenvalue weighted by atomic mass is 32.1. The van der Waals surface area contributed by atoms with Gasteiger partial charge in [0.05, 0.1) is 11.2 Å². The molecule has 0 aliphatic carbocycles. The number of para-hydroxylation sites is 1.